The number of rotatable bonds is 3. The van der Waals surface area contributed by atoms with Crippen molar-refractivity contribution in [3.8, 4) is 17.0 Å². The topological polar surface area (TPSA) is 103 Å². The van der Waals surface area contributed by atoms with Crippen LogP contribution in [0.4, 0.5) is 11.4 Å². The lowest BCUT2D eigenvalue weighted by molar-refractivity contribution is -0.111. The SMILES string of the molecule is C=CC(=O)Nc1cc(-c2ccc3c(ccc4sc5c(c43)NCC(C)NC5=O)n2)ccc1O. The van der Waals surface area contributed by atoms with E-state index in [0.717, 1.165) is 38.3 Å². The highest BCUT2D eigenvalue weighted by Gasteiger charge is 2.24. The number of aromatic nitrogens is 1. The molecule has 0 fully saturated rings. The van der Waals surface area contributed by atoms with Crippen LogP contribution in [-0.2, 0) is 4.79 Å². The van der Waals surface area contributed by atoms with Gasteiger partial charge in [-0.15, -0.1) is 11.3 Å². The van der Waals surface area contributed by atoms with Gasteiger partial charge in [0, 0.05) is 33.6 Å². The quantitative estimate of drug-likeness (QED) is 0.275. The molecule has 4 aromatic rings. The molecule has 7 nitrogen and oxygen atoms in total. The first-order chi connectivity index (χ1) is 15.4. The number of thiophene rings is 1. The van der Waals surface area contributed by atoms with Crippen LogP contribution in [0.25, 0.3) is 32.2 Å². The third-order valence-corrected chi connectivity index (χ3v) is 6.58. The monoisotopic (exact) mass is 444 g/mol. The predicted molar refractivity (Wildman–Crippen MR) is 128 cm³/mol. The van der Waals surface area contributed by atoms with Crippen molar-refractivity contribution in [2.24, 2.45) is 0 Å². The van der Waals surface area contributed by atoms with Crippen LogP contribution in [-0.4, -0.2) is 34.5 Å². The second kappa shape index (κ2) is 7.65. The van der Waals surface area contributed by atoms with Gasteiger partial charge in [0.15, 0.2) is 0 Å². The van der Waals surface area contributed by atoms with Crippen molar-refractivity contribution in [3.63, 3.8) is 0 Å². The summed E-state index contributed by atoms with van der Waals surface area (Å²) in [5, 5.41) is 21.0. The lowest BCUT2D eigenvalue weighted by Crippen LogP contribution is -2.34. The average Bonchev–Trinajstić information content (AvgIpc) is 3.11. The summed E-state index contributed by atoms with van der Waals surface area (Å²) in [4.78, 5) is 29.8. The summed E-state index contributed by atoms with van der Waals surface area (Å²) in [6, 6.07) is 12.8. The Kier molecular flexibility index (Phi) is 4.79. The Balaban J connectivity index is 1.62. The number of aromatic hydroxyl groups is 1. The molecule has 2 aromatic carbocycles. The molecule has 4 N–H and O–H groups in total. The van der Waals surface area contributed by atoms with Crippen molar-refractivity contribution in [3.05, 3.63) is 60.0 Å². The molecule has 1 aliphatic heterocycles. The maximum absolute atomic E-state index is 12.6. The van der Waals surface area contributed by atoms with Gasteiger partial charge in [-0.3, -0.25) is 9.59 Å². The van der Waals surface area contributed by atoms with Gasteiger partial charge >= 0.3 is 0 Å². The first-order valence-corrected chi connectivity index (χ1v) is 10.9. The molecule has 32 heavy (non-hydrogen) atoms. The number of anilines is 2. The lowest BCUT2D eigenvalue weighted by Gasteiger charge is -2.11. The zero-order valence-corrected chi connectivity index (χ0v) is 18.0. The molecule has 0 bridgehead atoms. The normalized spacial score (nSPS) is 15.5. The molecule has 3 heterocycles. The van der Waals surface area contributed by atoms with Crippen molar-refractivity contribution in [1.82, 2.24) is 10.3 Å². The van der Waals surface area contributed by atoms with Crippen molar-refractivity contribution in [2.45, 2.75) is 13.0 Å². The number of pyridine rings is 1. The molecular weight excluding hydrogens is 424 g/mol. The lowest BCUT2D eigenvalue weighted by atomic mass is 10.1. The van der Waals surface area contributed by atoms with E-state index in [9.17, 15) is 14.7 Å². The molecule has 0 spiro atoms. The van der Waals surface area contributed by atoms with Crippen molar-refractivity contribution >= 4 is 55.5 Å². The van der Waals surface area contributed by atoms with Crippen LogP contribution in [0.5, 0.6) is 5.75 Å². The number of amides is 2. The first-order valence-electron chi connectivity index (χ1n) is 10.1. The maximum atomic E-state index is 12.6. The first kappa shape index (κ1) is 20.0. The van der Waals surface area contributed by atoms with Gasteiger partial charge in [0.1, 0.15) is 10.6 Å². The number of hydrogen-bond acceptors (Lipinski definition) is 6. The fraction of sp³-hybridized carbons (Fsp3) is 0.125. The number of nitrogens with one attached hydrogen (secondary N) is 3. The Hall–Kier alpha value is -3.91. The average molecular weight is 445 g/mol. The summed E-state index contributed by atoms with van der Waals surface area (Å²) < 4.78 is 1.02. The molecule has 1 atom stereocenters. The van der Waals surface area contributed by atoms with Gasteiger partial charge in [0.05, 0.1) is 22.6 Å². The number of hydrogen-bond donors (Lipinski definition) is 4. The molecule has 0 saturated carbocycles. The Morgan fingerprint density at radius 1 is 1.28 bits per heavy atom. The van der Waals surface area contributed by atoms with Crippen LogP contribution in [0.3, 0.4) is 0 Å². The van der Waals surface area contributed by atoms with Crippen LogP contribution < -0.4 is 16.0 Å². The van der Waals surface area contributed by atoms with Gasteiger partial charge in [-0.2, -0.15) is 0 Å². The third kappa shape index (κ3) is 3.34. The molecule has 160 valence electrons. The van der Waals surface area contributed by atoms with Gasteiger partial charge in [-0.1, -0.05) is 6.58 Å². The number of fused-ring (bicyclic) bond motifs is 5. The van der Waals surface area contributed by atoms with E-state index in [-0.39, 0.29) is 23.4 Å². The Morgan fingerprint density at radius 2 is 2.12 bits per heavy atom. The van der Waals surface area contributed by atoms with Crippen molar-refractivity contribution in [1.29, 1.82) is 0 Å². The van der Waals surface area contributed by atoms with E-state index in [0.29, 0.717) is 17.1 Å². The molecule has 8 heteroatoms. The summed E-state index contributed by atoms with van der Waals surface area (Å²) in [5.41, 5.74) is 3.38. The Morgan fingerprint density at radius 3 is 2.94 bits per heavy atom. The number of carbonyl (C=O) groups is 2. The van der Waals surface area contributed by atoms with E-state index >= 15 is 0 Å². The smallest absolute Gasteiger partial charge is 0.263 e. The molecule has 1 aliphatic rings. The molecule has 2 amide bonds. The predicted octanol–water partition coefficient (Wildman–Crippen LogP) is 4.49. The molecule has 5 rings (SSSR count). The van der Waals surface area contributed by atoms with E-state index in [1.165, 1.54) is 17.4 Å². The molecule has 0 radical (unpaired) electrons. The molecule has 0 saturated heterocycles. The minimum Gasteiger partial charge on any atom is -0.506 e. The second-order valence-corrected chi connectivity index (χ2v) is 8.74. The van der Waals surface area contributed by atoms with Crippen LogP contribution in [0.15, 0.2) is 55.1 Å². The largest absolute Gasteiger partial charge is 0.506 e. The number of phenols is 1. The molecule has 1 unspecified atom stereocenters. The zero-order valence-electron chi connectivity index (χ0n) is 17.2. The molecule has 0 aliphatic carbocycles. The minimum atomic E-state index is -0.407. The van der Waals surface area contributed by atoms with Crippen LogP contribution in [0, 0.1) is 0 Å². The van der Waals surface area contributed by atoms with E-state index in [1.807, 2.05) is 31.2 Å². The van der Waals surface area contributed by atoms with Gasteiger partial charge in [-0.25, -0.2) is 4.98 Å². The van der Waals surface area contributed by atoms with Gasteiger partial charge in [0.2, 0.25) is 5.91 Å². The summed E-state index contributed by atoms with van der Waals surface area (Å²) in [6.45, 7) is 6.05. The fourth-order valence-corrected chi connectivity index (χ4v) is 4.96. The van der Waals surface area contributed by atoms with Crippen molar-refractivity contribution in [2.75, 3.05) is 17.2 Å². The highest BCUT2D eigenvalue weighted by Crippen LogP contribution is 2.41. The highest BCUT2D eigenvalue weighted by atomic mass is 32.1. The summed E-state index contributed by atoms with van der Waals surface area (Å²) in [7, 11) is 0. The number of nitrogens with zero attached hydrogens (tertiary/aromatic N) is 1. The van der Waals surface area contributed by atoms with Gasteiger partial charge in [0.25, 0.3) is 5.91 Å². The Labute approximate surface area is 187 Å². The fourth-order valence-electron chi connectivity index (χ4n) is 3.87. The van der Waals surface area contributed by atoms with E-state index < -0.39 is 5.91 Å². The van der Waals surface area contributed by atoms with Crippen LogP contribution in [0.2, 0.25) is 0 Å². The minimum absolute atomic E-state index is 0.0361. The third-order valence-electron chi connectivity index (χ3n) is 5.43. The van der Waals surface area contributed by atoms with E-state index in [2.05, 4.69) is 22.5 Å². The molecule has 2 aromatic heterocycles. The van der Waals surface area contributed by atoms with E-state index in [4.69, 9.17) is 4.98 Å². The highest BCUT2D eigenvalue weighted by molar-refractivity contribution is 7.21. The Bertz CT molecular complexity index is 1430. The van der Waals surface area contributed by atoms with Gasteiger partial charge < -0.3 is 21.1 Å². The summed E-state index contributed by atoms with van der Waals surface area (Å²) in [6.07, 6.45) is 1.14. The second-order valence-electron chi connectivity index (χ2n) is 7.69. The number of carbonyl (C=O) groups excluding carboxylic acids is 2. The van der Waals surface area contributed by atoms with Crippen molar-refractivity contribution < 1.29 is 14.7 Å². The summed E-state index contributed by atoms with van der Waals surface area (Å²) in [5.74, 6) is -0.504. The standard InChI is InChI=1S/C24H20N4O3S/c1-3-20(30)28-17-10-13(4-8-18(17)29)15-6-5-14-16(27-15)7-9-19-21(14)22-23(32-19)24(31)26-12(2)11-25-22/h3-10,12,25,29H,1,11H2,2H3,(H,26,31)(H,28,30). The maximum Gasteiger partial charge on any atom is 0.263 e. The molecular formula is C24H20N4O3S. The van der Waals surface area contributed by atoms with Crippen LogP contribution >= 0.6 is 11.3 Å². The van der Waals surface area contributed by atoms with Crippen LogP contribution in [0.1, 0.15) is 16.6 Å². The van der Waals surface area contributed by atoms with E-state index in [1.54, 1.807) is 12.1 Å². The summed E-state index contributed by atoms with van der Waals surface area (Å²) >= 11 is 1.47. The number of phenolic OH excluding ortho intramolecular Hbond substituents is 1. The number of benzene rings is 2. The zero-order chi connectivity index (χ0) is 22.4. The van der Waals surface area contributed by atoms with Gasteiger partial charge in [-0.05, 0) is 55.5 Å².